The second kappa shape index (κ2) is 32.2. The number of rotatable bonds is 26. The van der Waals surface area contributed by atoms with Gasteiger partial charge in [0.1, 0.15) is 5.78 Å². The molecule has 4 atom stereocenters. The van der Waals surface area contributed by atoms with Crippen molar-refractivity contribution < 1.29 is 62.5 Å². The monoisotopic (exact) mass is 1040 g/mol. The van der Waals surface area contributed by atoms with E-state index >= 15 is 0 Å². The van der Waals surface area contributed by atoms with E-state index in [1.54, 1.807) is 98.0 Å². The Bertz CT molecular complexity index is 2590. The van der Waals surface area contributed by atoms with Crippen LogP contribution in [0.15, 0.2) is 60.9 Å². The Balaban J connectivity index is 0.000000426. The van der Waals surface area contributed by atoms with E-state index in [0.717, 1.165) is 17.0 Å². The molecule has 4 rings (SSSR count). The number of anilines is 3. The second-order valence-electron chi connectivity index (χ2n) is 18.1. The van der Waals surface area contributed by atoms with Crippen molar-refractivity contribution in [3.63, 3.8) is 0 Å². The number of ether oxygens (including phenoxy) is 2. The number of benzene rings is 2. The number of unbranched alkanes of at least 4 members (excludes halogenated alkanes) is 2. The standard InChI is InChI=1S/C27H36N4O6.C14H23NO6.C12H14N4O/c1-17(14-22(32)8-6-7-9-24(34)37-5)26(35)29-19(3)23(33)15-20-10-12-21(13-11-20)30-27(36)25-28-18(2)16-31(25)4;1-9(14(19)20)8-11(16)10(2)15-12(17)6-4-5-7-13(18)21-3;1-8-7-16(2)11(14-8)12(17)15-10-5-3-9(13)4-6-10/h10-13,16-17,19H,6-9,14-15H2,1-5H3,(H,29,35)(H,30,36);9-10H,4-8H2,1-3H3,(H,15,17)(H,19,20);3-7H,13H2,1-2H3,(H,15,17)/t17-,19+;9-,10+;/m11./s1. The zero-order valence-corrected chi connectivity index (χ0v) is 44.6. The molecule has 0 spiro atoms. The molecular formula is C53H73N9O13. The quantitative estimate of drug-likeness (QED) is 0.0261. The second-order valence-corrected chi connectivity index (χ2v) is 18.1. The molecule has 2 aromatic carbocycles. The van der Waals surface area contributed by atoms with Gasteiger partial charge in [0, 0.05) is 94.4 Å². The molecule has 75 heavy (non-hydrogen) atoms. The number of aromatic nitrogens is 4. The molecule has 0 radical (unpaired) electrons. The molecule has 4 amide bonds. The van der Waals surface area contributed by atoms with Crippen LogP contribution in [0.4, 0.5) is 17.1 Å². The topological polar surface area (TPSA) is 319 Å². The van der Waals surface area contributed by atoms with Crippen molar-refractivity contribution in [1.29, 1.82) is 0 Å². The van der Waals surface area contributed by atoms with Crippen LogP contribution in [0.3, 0.4) is 0 Å². The van der Waals surface area contributed by atoms with Gasteiger partial charge in [-0.25, -0.2) is 9.97 Å². The molecule has 0 saturated heterocycles. The van der Waals surface area contributed by atoms with Gasteiger partial charge in [0.2, 0.25) is 11.8 Å². The number of carboxylic acids is 1. The number of nitrogens with zero attached hydrogens (tertiary/aromatic N) is 4. The van der Waals surface area contributed by atoms with Gasteiger partial charge >= 0.3 is 17.9 Å². The predicted molar refractivity (Wildman–Crippen MR) is 279 cm³/mol. The first kappa shape index (κ1) is 63.1. The van der Waals surface area contributed by atoms with Gasteiger partial charge in [0.15, 0.2) is 23.2 Å². The first-order valence-electron chi connectivity index (χ1n) is 24.4. The number of Topliss-reactive ketones (excluding diaryl/α,β-unsaturated/α-hetero) is 3. The number of carbonyl (C=O) groups is 10. The molecule has 2 heterocycles. The highest BCUT2D eigenvalue weighted by Crippen LogP contribution is 2.15. The van der Waals surface area contributed by atoms with Crippen molar-refractivity contribution in [2.75, 3.05) is 30.6 Å². The normalized spacial score (nSPS) is 12.1. The zero-order valence-electron chi connectivity index (χ0n) is 44.6. The number of imidazole rings is 2. The van der Waals surface area contributed by atoms with E-state index in [1.165, 1.54) is 28.1 Å². The van der Waals surface area contributed by atoms with Gasteiger partial charge < -0.3 is 50.7 Å². The van der Waals surface area contributed by atoms with Crippen molar-refractivity contribution in [3.05, 3.63) is 89.5 Å². The van der Waals surface area contributed by atoms with Crippen molar-refractivity contribution in [1.82, 2.24) is 29.7 Å². The summed E-state index contributed by atoms with van der Waals surface area (Å²) >= 11 is 0. The van der Waals surface area contributed by atoms with Crippen molar-refractivity contribution in [2.45, 2.75) is 124 Å². The Hall–Kier alpha value is -8.04. The Morgan fingerprint density at radius 1 is 0.600 bits per heavy atom. The Morgan fingerprint density at radius 3 is 1.48 bits per heavy atom. The number of aryl methyl sites for hydroxylation is 4. The van der Waals surface area contributed by atoms with Crippen LogP contribution in [-0.2, 0) is 68.3 Å². The number of hydrogen-bond acceptors (Lipinski definition) is 15. The summed E-state index contributed by atoms with van der Waals surface area (Å²) in [6.07, 6.45) is 6.85. The maximum absolute atomic E-state index is 12.6. The van der Waals surface area contributed by atoms with Crippen molar-refractivity contribution in [3.8, 4) is 0 Å². The number of nitrogens with one attached hydrogen (secondary N) is 4. The number of ketones is 3. The van der Waals surface area contributed by atoms with E-state index in [-0.39, 0.29) is 91.4 Å². The van der Waals surface area contributed by atoms with E-state index in [2.05, 4.69) is 40.7 Å². The van der Waals surface area contributed by atoms with E-state index in [0.29, 0.717) is 60.8 Å². The molecule has 0 fully saturated rings. The van der Waals surface area contributed by atoms with Crippen molar-refractivity contribution >= 4 is 75.9 Å². The van der Waals surface area contributed by atoms with Gasteiger partial charge in [-0.15, -0.1) is 0 Å². The fourth-order valence-electron chi connectivity index (χ4n) is 6.94. The molecule has 0 aliphatic heterocycles. The summed E-state index contributed by atoms with van der Waals surface area (Å²) in [6.45, 7) is 9.90. The number of aliphatic carboxylic acids is 1. The Labute approximate surface area is 437 Å². The maximum Gasteiger partial charge on any atom is 0.306 e. The summed E-state index contributed by atoms with van der Waals surface area (Å²) in [5.74, 6) is -4.05. The molecule has 0 aliphatic carbocycles. The maximum atomic E-state index is 12.6. The van der Waals surface area contributed by atoms with Crippen molar-refractivity contribution in [2.24, 2.45) is 25.9 Å². The van der Waals surface area contributed by atoms with Crippen LogP contribution in [0, 0.1) is 25.7 Å². The van der Waals surface area contributed by atoms with Crippen LogP contribution in [-0.4, -0.2) is 109 Å². The summed E-state index contributed by atoms with van der Waals surface area (Å²) in [5, 5.41) is 19.5. The highest BCUT2D eigenvalue weighted by Gasteiger charge is 2.23. The average Bonchev–Trinajstić information content (AvgIpc) is 3.90. The third kappa shape index (κ3) is 24.0. The molecule has 7 N–H and O–H groups in total. The lowest BCUT2D eigenvalue weighted by Crippen LogP contribution is -2.42. The number of esters is 2. The molecule has 0 unspecified atom stereocenters. The molecule has 4 aromatic rings. The van der Waals surface area contributed by atoms with Gasteiger partial charge in [-0.1, -0.05) is 26.0 Å². The largest absolute Gasteiger partial charge is 0.481 e. The molecule has 408 valence electrons. The molecule has 22 nitrogen and oxygen atoms in total. The summed E-state index contributed by atoms with van der Waals surface area (Å²) < 4.78 is 12.4. The van der Waals surface area contributed by atoms with Crippen LogP contribution < -0.4 is 27.0 Å². The number of methoxy groups -OCH3 is 2. The van der Waals surface area contributed by atoms with E-state index in [4.69, 9.17) is 10.8 Å². The van der Waals surface area contributed by atoms with Crippen LogP contribution in [0.25, 0.3) is 0 Å². The molecule has 0 aliphatic rings. The van der Waals surface area contributed by atoms with Gasteiger partial charge in [-0.2, -0.15) is 0 Å². The van der Waals surface area contributed by atoms with Crippen LogP contribution in [0.1, 0.15) is 130 Å². The van der Waals surface area contributed by atoms with Crippen LogP contribution in [0.5, 0.6) is 0 Å². The summed E-state index contributed by atoms with van der Waals surface area (Å²) in [5.41, 5.74) is 9.81. The van der Waals surface area contributed by atoms with E-state index in [1.807, 2.05) is 13.8 Å². The van der Waals surface area contributed by atoms with Crippen LogP contribution in [0.2, 0.25) is 0 Å². The van der Waals surface area contributed by atoms with Gasteiger partial charge in [0.05, 0.1) is 43.6 Å². The lowest BCUT2D eigenvalue weighted by atomic mass is 9.99. The SMILES string of the molecule is COC(=O)CCCCC(=O)C[C@@H](C)C(=O)N[C@@H](C)C(=O)Cc1ccc(NC(=O)c2nc(C)cn2C)cc1.COC(=O)CCCCC(=O)N[C@@H](C)C(=O)C[C@@H](C)C(=O)O.Cc1cn(C)c(C(=O)Nc2ccc(N)cc2)n1. The predicted octanol–water partition coefficient (Wildman–Crippen LogP) is 5.39. The minimum atomic E-state index is -1.04. The average molecular weight is 1040 g/mol. The summed E-state index contributed by atoms with van der Waals surface area (Å²) in [6, 6.07) is 12.5. The number of hydrogen-bond donors (Lipinski definition) is 6. The number of carbonyl (C=O) groups excluding carboxylic acids is 9. The Morgan fingerprint density at radius 2 is 1.04 bits per heavy atom. The fourth-order valence-corrected chi connectivity index (χ4v) is 6.94. The minimum absolute atomic E-state index is 0.0586. The first-order valence-corrected chi connectivity index (χ1v) is 24.4. The number of nitrogens with two attached hydrogens (primary N) is 1. The van der Waals surface area contributed by atoms with E-state index in [9.17, 15) is 47.9 Å². The third-order valence-electron chi connectivity index (χ3n) is 11.3. The summed E-state index contributed by atoms with van der Waals surface area (Å²) in [7, 11) is 6.17. The highest BCUT2D eigenvalue weighted by molar-refractivity contribution is 6.02. The lowest BCUT2D eigenvalue weighted by Gasteiger charge is -2.17. The lowest BCUT2D eigenvalue weighted by molar-refractivity contribution is -0.143. The smallest absolute Gasteiger partial charge is 0.306 e. The zero-order chi connectivity index (χ0) is 56.4. The molecule has 0 bridgehead atoms. The van der Waals surface area contributed by atoms with Gasteiger partial charge in [-0.05, 0) is 95.3 Å². The first-order chi connectivity index (χ1) is 35.3. The van der Waals surface area contributed by atoms with E-state index < -0.39 is 29.9 Å². The molecule has 22 heteroatoms. The molecule has 2 aromatic heterocycles. The summed E-state index contributed by atoms with van der Waals surface area (Å²) in [4.78, 5) is 126. The number of nitrogen functional groups attached to an aromatic ring is 1. The molecule has 0 saturated carbocycles. The fraction of sp³-hybridized carbons (Fsp3) is 0.472. The third-order valence-corrected chi connectivity index (χ3v) is 11.3. The highest BCUT2D eigenvalue weighted by atomic mass is 16.5. The number of carboxylic acid groups (broad SMARTS) is 1. The minimum Gasteiger partial charge on any atom is -0.481 e. The van der Waals surface area contributed by atoms with Gasteiger partial charge in [0.25, 0.3) is 11.8 Å². The Kier molecular flexibility index (Phi) is 27.1. The number of amides is 4. The van der Waals surface area contributed by atoms with Gasteiger partial charge in [-0.3, -0.25) is 47.9 Å². The molecular weight excluding hydrogens is 971 g/mol. The van der Waals surface area contributed by atoms with Crippen LogP contribution >= 0.6 is 0 Å².